The van der Waals surface area contributed by atoms with E-state index >= 15 is 0 Å². The van der Waals surface area contributed by atoms with Crippen LogP contribution in [0.15, 0.2) is 33.5 Å². The third-order valence-corrected chi connectivity index (χ3v) is 4.50. The molecule has 9 heteroatoms. The van der Waals surface area contributed by atoms with Gasteiger partial charge in [0.15, 0.2) is 5.82 Å². The van der Waals surface area contributed by atoms with Crippen molar-refractivity contribution in [1.29, 1.82) is 0 Å². The number of anilines is 1. The molecule has 0 aliphatic carbocycles. The Morgan fingerprint density at radius 1 is 1.46 bits per heavy atom. The molecule has 0 bridgehead atoms. The molecule has 0 aromatic carbocycles. The topological polar surface area (TPSA) is 72.9 Å². The molecule has 3 heterocycles. The Kier molecular flexibility index (Phi) is 4.98. The summed E-state index contributed by atoms with van der Waals surface area (Å²) in [5.41, 5.74) is 0.867. The lowest BCUT2D eigenvalue weighted by atomic mass is 10.2. The first-order valence-corrected chi connectivity index (χ1v) is 9.06. The van der Waals surface area contributed by atoms with Crippen LogP contribution in [0.1, 0.15) is 32.1 Å². The molecule has 7 nitrogen and oxygen atoms in total. The van der Waals surface area contributed by atoms with E-state index in [1.54, 1.807) is 49.9 Å². The number of furan rings is 1. The Hall–Kier alpha value is -2.06. The number of aromatic nitrogens is 3. The monoisotopic (exact) mass is 440 g/mol. The summed E-state index contributed by atoms with van der Waals surface area (Å²) in [6.07, 6.45) is 2.76. The maximum Gasteiger partial charge on any atom is 0.416 e. The van der Waals surface area contributed by atoms with Crippen molar-refractivity contribution in [3.63, 3.8) is 0 Å². The highest BCUT2D eigenvalue weighted by Crippen LogP contribution is 2.31. The number of rotatable bonds is 3. The van der Waals surface area contributed by atoms with Gasteiger partial charge in [-0.15, -0.1) is 5.10 Å². The van der Waals surface area contributed by atoms with Crippen molar-refractivity contribution in [3.05, 3.63) is 45.7 Å². The van der Waals surface area contributed by atoms with E-state index < -0.39 is 11.7 Å². The van der Waals surface area contributed by atoms with Crippen molar-refractivity contribution in [2.24, 2.45) is 0 Å². The van der Waals surface area contributed by atoms with Gasteiger partial charge in [0.05, 0.1) is 12.8 Å². The van der Waals surface area contributed by atoms with Crippen molar-refractivity contribution < 1.29 is 13.9 Å². The van der Waals surface area contributed by atoms with Crippen LogP contribution in [0.4, 0.5) is 10.6 Å². The van der Waals surface area contributed by atoms with E-state index in [-0.39, 0.29) is 11.8 Å². The maximum atomic E-state index is 12.9. The number of amides is 1. The van der Waals surface area contributed by atoms with Gasteiger partial charge in [-0.2, -0.15) is 4.98 Å². The van der Waals surface area contributed by atoms with Crippen molar-refractivity contribution in [3.8, 4) is 0 Å². The lowest BCUT2D eigenvalue weighted by molar-refractivity contribution is 0.0574. The van der Waals surface area contributed by atoms with Gasteiger partial charge in [-0.25, -0.2) is 9.31 Å². The standard InChI is InChI=1S/C17H18BrClN4O3/c1-10-12(18)9-23-13(10)14(20-15(19)21-23)22(8-11-6-5-7-25-11)16(24)26-17(2,3)4/h5-7,9H,8H2,1-4H3. The fraction of sp³-hybridized carbons (Fsp3) is 0.353. The van der Waals surface area contributed by atoms with Crippen molar-refractivity contribution in [2.45, 2.75) is 39.8 Å². The van der Waals surface area contributed by atoms with E-state index in [1.165, 1.54) is 4.90 Å². The van der Waals surface area contributed by atoms with Crippen LogP contribution in [0.3, 0.4) is 0 Å². The Morgan fingerprint density at radius 2 is 2.19 bits per heavy atom. The van der Waals surface area contributed by atoms with Gasteiger partial charge >= 0.3 is 6.09 Å². The average molecular weight is 442 g/mol. The lowest BCUT2D eigenvalue weighted by Crippen LogP contribution is -2.37. The zero-order valence-corrected chi connectivity index (χ0v) is 17.1. The molecule has 26 heavy (non-hydrogen) atoms. The molecule has 0 spiro atoms. The molecule has 0 atom stereocenters. The summed E-state index contributed by atoms with van der Waals surface area (Å²) in [5, 5.41) is 4.19. The van der Waals surface area contributed by atoms with Gasteiger partial charge in [-0.05, 0) is 72.9 Å². The highest BCUT2D eigenvalue weighted by Gasteiger charge is 2.28. The second-order valence-electron chi connectivity index (χ2n) is 6.75. The Labute approximate surface area is 164 Å². The second-order valence-corrected chi connectivity index (χ2v) is 7.94. The molecule has 0 aliphatic heterocycles. The molecular formula is C17H18BrClN4O3. The van der Waals surface area contributed by atoms with Crippen LogP contribution < -0.4 is 4.90 Å². The van der Waals surface area contributed by atoms with E-state index in [4.69, 9.17) is 20.8 Å². The van der Waals surface area contributed by atoms with E-state index in [1.807, 2.05) is 6.92 Å². The van der Waals surface area contributed by atoms with Crippen LogP contribution in [0.2, 0.25) is 5.28 Å². The summed E-state index contributed by atoms with van der Waals surface area (Å²) in [4.78, 5) is 18.6. The summed E-state index contributed by atoms with van der Waals surface area (Å²) >= 11 is 9.57. The predicted molar refractivity (Wildman–Crippen MR) is 102 cm³/mol. The molecule has 3 aromatic rings. The van der Waals surface area contributed by atoms with Crippen LogP contribution in [0, 0.1) is 6.92 Å². The van der Waals surface area contributed by atoms with Gasteiger partial charge in [0.2, 0.25) is 5.28 Å². The smallest absolute Gasteiger partial charge is 0.416 e. The molecule has 0 fully saturated rings. The minimum atomic E-state index is -0.663. The molecule has 0 radical (unpaired) electrons. The number of hydrogen-bond acceptors (Lipinski definition) is 5. The number of hydrogen-bond donors (Lipinski definition) is 0. The third-order valence-electron chi connectivity index (χ3n) is 3.54. The van der Waals surface area contributed by atoms with Crippen LogP contribution in [0.25, 0.3) is 5.52 Å². The van der Waals surface area contributed by atoms with Gasteiger partial charge in [0, 0.05) is 10.7 Å². The molecule has 0 saturated carbocycles. The van der Waals surface area contributed by atoms with Crippen molar-refractivity contribution in [1.82, 2.24) is 14.6 Å². The van der Waals surface area contributed by atoms with Gasteiger partial charge in [0.25, 0.3) is 0 Å². The normalized spacial score (nSPS) is 11.8. The van der Waals surface area contributed by atoms with E-state index in [0.29, 0.717) is 17.1 Å². The number of ether oxygens (including phenoxy) is 1. The molecule has 0 unspecified atom stereocenters. The number of aryl methyl sites for hydroxylation is 1. The first kappa shape index (κ1) is 18.7. The molecule has 1 amide bonds. The number of halogens is 2. The number of carbonyl (C=O) groups excluding carboxylic acids is 1. The SMILES string of the molecule is Cc1c(Br)cn2nc(Cl)nc(N(Cc3ccco3)C(=O)OC(C)(C)C)c12. The van der Waals surface area contributed by atoms with Gasteiger partial charge in [-0.3, -0.25) is 4.90 Å². The van der Waals surface area contributed by atoms with Crippen LogP contribution >= 0.6 is 27.5 Å². The van der Waals surface area contributed by atoms with Gasteiger partial charge < -0.3 is 9.15 Å². The number of carbonyl (C=O) groups is 1. The zero-order chi connectivity index (χ0) is 19.1. The first-order chi connectivity index (χ1) is 12.2. The van der Waals surface area contributed by atoms with Gasteiger partial charge in [0.1, 0.15) is 16.9 Å². The summed E-state index contributed by atoms with van der Waals surface area (Å²) in [7, 11) is 0. The minimum absolute atomic E-state index is 0.0167. The van der Waals surface area contributed by atoms with Crippen LogP contribution in [0.5, 0.6) is 0 Å². The van der Waals surface area contributed by atoms with Crippen molar-refractivity contribution in [2.75, 3.05) is 4.90 Å². The molecule has 0 N–H and O–H groups in total. The fourth-order valence-electron chi connectivity index (χ4n) is 2.44. The Morgan fingerprint density at radius 3 is 2.81 bits per heavy atom. The third kappa shape index (κ3) is 3.86. The van der Waals surface area contributed by atoms with Crippen LogP contribution in [-0.4, -0.2) is 26.3 Å². The molecule has 0 saturated heterocycles. The number of fused-ring (bicyclic) bond motifs is 1. The molecule has 138 valence electrons. The molecular weight excluding hydrogens is 424 g/mol. The largest absolute Gasteiger partial charge is 0.467 e. The van der Waals surface area contributed by atoms with E-state index in [9.17, 15) is 4.79 Å². The summed E-state index contributed by atoms with van der Waals surface area (Å²) in [6.45, 7) is 7.46. The number of nitrogens with zero attached hydrogens (tertiary/aromatic N) is 4. The van der Waals surface area contributed by atoms with E-state index in [0.717, 1.165) is 10.0 Å². The zero-order valence-electron chi connectivity index (χ0n) is 14.8. The second kappa shape index (κ2) is 6.92. The lowest BCUT2D eigenvalue weighted by Gasteiger charge is -2.26. The highest BCUT2D eigenvalue weighted by atomic mass is 79.9. The average Bonchev–Trinajstić information content (AvgIpc) is 3.11. The van der Waals surface area contributed by atoms with Gasteiger partial charge in [-0.1, -0.05) is 0 Å². The van der Waals surface area contributed by atoms with Crippen LogP contribution in [-0.2, 0) is 11.3 Å². The maximum absolute atomic E-state index is 12.9. The molecule has 0 aliphatic rings. The molecule has 3 aromatic heterocycles. The Balaban J connectivity index is 2.15. The summed E-state index contributed by atoms with van der Waals surface area (Å²) in [6, 6.07) is 3.53. The van der Waals surface area contributed by atoms with Crippen molar-refractivity contribution >= 4 is 45.0 Å². The summed E-state index contributed by atoms with van der Waals surface area (Å²) in [5.74, 6) is 0.936. The quantitative estimate of drug-likeness (QED) is 0.572. The predicted octanol–water partition coefficient (Wildman–Crippen LogP) is 4.99. The Bertz CT molecular complexity index is 947. The highest BCUT2D eigenvalue weighted by molar-refractivity contribution is 9.10. The summed E-state index contributed by atoms with van der Waals surface area (Å²) < 4.78 is 13.4. The van der Waals surface area contributed by atoms with E-state index in [2.05, 4.69) is 26.0 Å². The molecule has 3 rings (SSSR count). The fourth-order valence-corrected chi connectivity index (χ4v) is 2.99. The first-order valence-electron chi connectivity index (χ1n) is 7.89. The minimum Gasteiger partial charge on any atom is -0.467 e.